The first-order valence-corrected chi connectivity index (χ1v) is 10.4. The smallest absolute Gasteiger partial charge is 0.300 e. The molecule has 2 heterocycles. The van der Waals surface area contributed by atoms with Crippen LogP contribution in [0.5, 0.6) is 11.5 Å². The van der Waals surface area contributed by atoms with E-state index in [9.17, 15) is 14.7 Å². The van der Waals surface area contributed by atoms with E-state index in [1.165, 1.54) is 19.1 Å². The summed E-state index contributed by atoms with van der Waals surface area (Å²) in [5.41, 5.74) is 1.91. The van der Waals surface area contributed by atoms with Crippen molar-refractivity contribution in [3.8, 4) is 11.5 Å². The number of aliphatic hydroxyl groups is 1. The van der Waals surface area contributed by atoms with Gasteiger partial charge in [-0.05, 0) is 54.4 Å². The van der Waals surface area contributed by atoms with Gasteiger partial charge in [0, 0.05) is 23.1 Å². The number of rotatable bonds is 5. The van der Waals surface area contributed by atoms with Crippen LogP contribution in [0.25, 0.3) is 5.76 Å². The molecule has 1 atom stereocenters. The lowest BCUT2D eigenvalue weighted by Gasteiger charge is -2.27. The summed E-state index contributed by atoms with van der Waals surface area (Å²) >= 11 is 6.22. The van der Waals surface area contributed by atoms with Gasteiger partial charge in [-0.2, -0.15) is 0 Å². The highest BCUT2D eigenvalue weighted by Crippen LogP contribution is 2.45. The summed E-state index contributed by atoms with van der Waals surface area (Å²) in [5.74, 6) is -1.41. The molecule has 1 aliphatic rings. The molecule has 1 unspecified atom stereocenters. The fourth-order valence-corrected chi connectivity index (χ4v) is 4.17. The Kier molecular flexibility index (Phi) is 6.07. The lowest BCUT2D eigenvalue weighted by Crippen LogP contribution is -2.30. The molecular formula is C25H21ClN2O5. The first kappa shape index (κ1) is 22.4. The number of aliphatic hydroxyl groups excluding tert-OH is 1. The predicted molar refractivity (Wildman–Crippen MR) is 125 cm³/mol. The van der Waals surface area contributed by atoms with Crippen molar-refractivity contribution in [2.45, 2.75) is 13.0 Å². The number of aryl methyl sites for hydroxylation is 1. The summed E-state index contributed by atoms with van der Waals surface area (Å²) in [6.07, 6.45) is 3.12. The number of nitrogens with zero attached hydrogens (tertiary/aromatic N) is 2. The second-order valence-electron chi connectivity index (χ2n) is 7.42. The minimum atomic E-state index is -0.917. The van der Waals surface area contributed by atoms with E-state index in [0.29, 0.717) is 27.8 Å². The number of pyridine rings is 1. The number of amides is 1. The fraction of sp³-hybridized carbons (Fsp3) is 0.160. The summed E-state index contributed by atoms with van der Waals surface area (Å²) in [6, 6.07) is 12.5. The number of anilines is 1. The zero-order chi connectivity index (χ0) is 23.7. The lowest BCUT2D eigenvalue weighted by atomic mass is 9.95. The number of methoxy groups -OCH3 is 2. The molecule has 1 N–H and O–H groups in total. The number of ketones is 1. The van der Waals surface area contributed by atoms with Crippen molar-refractivity contribution < 1.29 is 24.2 Å². The molecule has 168 valence electrons. The SMILES string of the molecule is COc1cccc(OC)c1/C(O)=C1\C(=O)C(=O)N(c2cc(Cl)ccc2C)C1c1ccncc1. The van der Waals surface area contributed by atoms with Crippen LogP contribution in [-0.2, 0) is 9.59 Å². The van der Waals surface area contributed by atoms with E-state index in [4.69, 9.17) is 21.1 Å². The molecule has 3 aromatic rings. The molecule has 2 aromatic carbocycles. The van der Waals surface area contributed by atoms with Crippen molar-refractivity contribution in [3.63, 3.8) is 0 Å². The molecular weight excluding hydrogens is 444 g/mol. The molecule has 0 aliphatic carbocycles. The molecule has 1 saturated heterocycles. The summed E-state index contributed by atoms with van der Waals surface area (Å²) in [7, 11) is 2.89. The molecule has 8 heteroatoms. The van der Waals surface area contributed by atoms with E-state index < -0.39 is 23.5 Å². The van der Waals surface area contributed by atoms with E-state index in [-0.39, 0.29) is 11.1 Å². The summed E-state index contributed by atoms with van der Waals surface area (Å²) in [5, 5.41) is 11.8. The van der Waals surface area contributed by atoms with E-state index in [1.807, 2.05) is 6.92 Å². The molecule has 1 amide bonds. The average molecular weight is 465 g/mol. The minimum absolute atomic E-state index is 0.0895. The summed E-state index contributed by atoms with van der Waals surface area (Å²) in [6.45, 7) is 1.82. The number of ether oxygens (including phenoxy) is 2. The van der Waals surface area contributed by atoms with Crippen LogP contribution in [-0.4, -0.2) is 36.0 Å². The number of carbonyl (C=O) groups is 2. The summed E-state index contributed by atoms with van der Waals surface area (Å²) < 4.78 is 10.8. The maximum Gasteiger partial charge on any atom is 0.300 e. The number of Topliss-reactive ketones (excluding diaryl/α,β-unsaturated/α-hetero) is 1. The number of halogens is 1. The normalized spacial score (nSPS) is 17.3. The van der Waals surface area contributed by atoms with Gasteiger partial charge in [0.1, 0.15) is 22.8 Å². The molecule has 1 aliphatic heterocycles. The summed E-state index contributed by atoms with van der Waals surface area (Å²) in [4.78, 5) is 32.1. The molecule has 0 radical (unpaired) electrons. The third kappa shape index (κ3) is 3.81. The molecule has 4 rings (SSSR count). The molecule has 1 fully saturated rings. The van der Waals surface area contributed by atoms with Crippen molar-refractivity contribution in [2.75, 3.05) is 19.1 Å². The Bertz CT molecular complexity index is 1250. The highest BCUT2D eigenvalue weighted by Gasteiger charge is 2.48. The van der Waals surface area contributed by atoms with Gasteiger partial charge in [-0.1, -0.05) is 23.7 Å². The number of carbonyl (C=O) groups excluding carboxylic acids is 2. The van der Waals surface area contributed by atoms with Crippen LogP contribution in [0.4, 0.5) is 5.69 Å². The van der Waals surface area contributed by atoms with Crippen LogP contribution >= 0.6 is 11.6 Å². The molecule has 7 nitrogen and oxygen atoms in total. The van der Waals surface area contributed by atoms with E-state index in [2.05, 4.69) is 4.98 Å². The largest absolute Gasteiger partial charge is 0.506 e. The van der Waals surface area contributed by atoms with Crippen molar-refractivity contribution in [1.29, 1.82) is 0 Å². The quantitative estimate of drug-likeness (QED) is 0.335. The Morgan fingerprint density at radius 1 is 1.03 bits per heavy atom. The Hall–Kier alpha value is -3.84. The molecule has 0 spiro atoms. The van der Waals surface area contributed by atoms with Gasteiger partial charge in [-0.3, -0.25) is 19.5 Å². The second-order valence-corrected chi connectivity index (χ2v) is 7.85. The average Bonchev–Trinajstić information content (AvgIpc) is 3.10. The van der Waals surface area contributed by atoms with Gasteiger partial charge < -0.3 is 14.6 Å². The number of aromatic nitrogens is 1. The van der Waals surface area contributed by atoms with Crippen LogP contribution in [0, 0.1) is 6.92 Å². The molecule has 0 bridgehead atoms. The van der Waals surface area contributed by atoms with Crippen LogP contribution in [0.1, 0.15) is 22.7 Å². The zero-order valence-electron chi connectivity index (χ0n) is 18.2. The maximum absolute atomic E-state index is 13.3. The van der Waals surface area contributed by atoms with Gasteiger partial charge in [0.25, 0.3) is 11.7 Å². The van der Waals surface area contributed by atoms with Gasteiger partial charge in [0.2, 0.25) is 0 Å². The van der Waals surface area contributed by atoms with Crippen molar-refractivity contribution >= 4 is 34.7 Å². The third-order valence-corrected chi connectivity index (χ3v) is 5.80. The van der Waals surface area contributed by atoms with Gasteiger partial charge >= 0.3 is 0 Å². The van der Waals surface area contributed by atoms with E-state index in [0.717, 1.165) is 5.56 Å². The monoisotopic (exact) mass is 464 g/mol. The number of hydrogen-bond acceptors (Lipinski definition) is 6. The number of benzene rings is 2. The van der Waals surface area contributed by atoms with Crippen LogP contribution in [0.15, 0.2) is 66.5 Å². The lowest BCUT2D eigenvalue weighted by molar-refractivity contribution is -0.132. The molecule has 33 heavy (non-hydrogen) atoms. The van der Waals surface area contributed by atoms with Crippen molar-refractivity contribution in [3.05, 3.63) is 88.2 Å². The highest BCUT2D eigenvalue weighted by molar-refractivity contribution is 6.52. The maximum atomic E-state index is 13.3. The van der Waals surface area contributed by atoms with Gasteiger partial charge in [-0.25, -0.2) is 0 Å². The first-order valence-electron chi connectivity index (χ1n) is 10.1. The van der Waals surface area contributed by atoms with E-state index >= 15 is 0 Å². The van der Waals surface area contributed by atoms with Gasteiger partial charge in [0.15, 0.2) is 0 Å². The molecule has 0 saturated carbocycles. The number of hydrogen-bond donors (Lipinski definition) is 1. The van der Waals surface area contributed by atoms with Crippen LogP contribution in [0.2, 0.25) is 5.02 Å². The van der Waals surface area contributed by atoms with Crippen LogP contribution in [0.3, 0.4) is 0 Å². The van der Waals surface area contributed by atoms with Crippen molar-refractivity contribution in [1.82, 2.24) is 4.98 Å². The Labute approximate surface area is 195 Å². The topological polar surface area (TPSA) is 89.0 Å². The Morgan fingerprint density at radius 3 is 2.27 bits per heavy atom. The van der Waals surface area contributed by atoms with Crippen molar-refractivity contribution in [2.24, 2.45) is 0 Å². The highest BCUT2D eigenvalue weighted by atomic mass is 35.5. The third-order valence-electron chi connectivity index (χ3n) is 5.56. The minimum Gasteiger partial charge on any atom is -0.506 e. The zero-order valence-corrected chi connectivity index (χ0v) is 19.0. The second kappa shape index (κ2) is 8.96. The van der Waals surface area contributed by atoms with Gasteiger partial charge in [-0.15, -0.1) is 0 Å². The first-order chi connectivity index (χ1) is 15.9. The molecule has 1 aromatic heterocycles. The Morgan fingerprint density at radius 2 is 1.67 bits per heavy atom. The van der Waals surface area contributed by atoms with Crippen LogP contribution < -0.4 is 14.4 Å². The standard InChI is InChI=1S/C25H21ClN2O5/c1-14-7-8-16(26)13-17(14)28-22(15-9-11-27-12-10-15)21(24(30)25(28)31)23(29)20-18(32-2)5-4-6-19(20)33-3/h4-13,22,29H,1-3H3/b23-21+. The Balaban J connectivity index is 2.03. The fourth-order valence-electron chi connectivity index (χ4n) is 4.00. The van der Waals surface area contributed by atoms with E-state index in [1.54, 1.807) is 60.9 Å². The predicted octanol–water partition coefficient (Wildman–Crippen LogP) is 4.69. The van der Waals surface area contributed by atoms with Gasteiger partial charge in [0.05, 0.1) is 25.8 Å².